The third kappa shape index (κ3) is 6.43. The van der Waals surface area contributed by atoms with Crippen LogP contribution in [0.25, 0.3) is 10.9 Å². The van der Waals surface area contributed by atoms with Gasteiger partial charge in [0.2, 0.25) is 5.91 Å². The second kappa shape index (κ2) is 11.4. The number of rotatable bonds is 6. The van der Waals surface area contributed by atoms with Crippen LogP contribution in [-0.2, 0) is 16.0 Å². The molecule has 1 N–H and O–H groups in total. The number of halogens is 5. The molecule has 2 unspecified atom stereocenters. The minimum absolute atomic E-state index is 0.0529. The molecule has 0 bridgehead atoms. The summed E-state index contributed by atoms with van der Waals surface area (Å²) in [5.41, 5.74) is 2.04. The normalized spacial score (nSPS) is 17.6. The van der Waals surface area contributed by atoms with Gasteiger partial charge in [0.15, 0.2) is 5.78 Å². The van der Waals surface area contributed by atoms with Gasteiger partial charge in [-0.25, -0.2) is 4.79 Å². The van der Waals surface area contributed by atoms with Crippen LogP contribution in [0.5, 0.6) is 0 Å². The van der Waals surface area contributed by atoms with Crippen molar-refractivity contribution in [1.82, 2.24) is 4.57 Å². The molecule has 0 saturated heterocycles. The number of nitrogens with one attached hydrogen (secondary N) is 1. The van der Waals surface area contributed by atoms with Gasteiger partial charge in [0.25, 0.3) is 0 Å². The Hall–Kier alpha value is -2.74. The Morgan fingerprint density at radius 2 is 1.62 bits per heavy atom. The second-order valence-electron chi connectivity index (χ2n) is 11.2. The van der Waals surface area contributed by atoms with E-state index in [0.29, 0.717) is 26.8 Å². The van der Waals surface area contributed by atoms with Crippen LogP contribution in [0.4, 0.5) is 10.5 Å². The number of carbonyl (C=O) groups excluding carboxylic acids is 3. The first-order valence-electron chi connectivity index (χ1n) is 12.9. The lowest BCUT2D eigenvalue weighted by Gasteiger charge is -2.19. The molecule has 1 saturated carbocycles. The maximum atomic E-state index is 13.3. The van der Waals surface area contributed by atoms with Crippen molar-refractivity contribution in [3.05, 3.63) is 98.6 Å². The van der Waals surface area contributed by atoms with Crippen molar-refractivity contribution in [2.24, 2.45) is 5.92 Å². The molecule has 218 valence electrons. The highest BCUT2D eigenvalue weighted by Crippen LogP contribution is 2.65. The quantitative estimate of drug-likeness (QED) is 0.164. The number of anilines is 1. The molecular weight excluding hydrogens is 642 g/mol. The topological polar surface area (TPSA) is 77.4 Å². The van der Waals surface area contributed by atoms with Crippen LogP contribution in [0.1, 0.15) is 48.2 Å². The summed E-state index contributed by atoms with van der Waals surface area (Å²) in [6.45, 7) is 5.40. The van der Waals surface area contributed by atoms with E-state index >= 15 is 0 Å². The Kier molecular flexibility index (Phi) is 8.34. The van der Waals surface area contributed by atoms with Crippen molar-refractivity contribution in [2.45, 2.75) is 43.0 Å². The second-order valence-corrected chi connectivity index (χ2v) is 13.9. The van der Waals surface area contributed by atoms with Crippen molar-refractivity contribution in [1.29, 1.82) is 0 Å². The zero-order valence-electron chi connectivity index (χ0n) is 22.7. The first kappa shape index (κ1) is 30.7. The van der Waals surface area contributed by atoms with Gasteiger partial charge in [-0.1, -0.05) is 40.9 Å². The molecule has 42 heavy (non-hydrogen) atoms. The molecule has 1 amide bonds. The van der Waals surface area contributed by atoms with E-state index in [4.69, 9.17) is 62.7 Å². The zero-order chi connectivity index (χ0) is 30.6. The van der Waals surface area contributed by atoms with E-state index in [1.807, 2.05) is 6.07 Å². The maximum absolute atomic E-state index is 13.3. The fourth-order valence-corrected chi connectivity index (χ4v) is 6.51. The van der Waals surface area contributed by atoms with Gasteiger partial charge >= 0.3 is 6.09 Å². The molecule has 2 atom stereocenters. The number of hydrogen-bond donors (Lipinski definition) is 1. The number of benzene rings is 3. The first-order chi connectivity index (χ1) is 19.6. The standard InChI is InChI=1S/C31H25Cl5N2O4/c1-30(2,3)42-29(41)38-9-8-17-10-16(4-7-24(17)38)11-25(39)22-15-21(5-6-23(22)34)37-28(40)27-26(31(27,35)36)18-12-19(32)14-20(33)13-18/h4-10,12-15,26-27H,11H2,1-3H3,(H,37,40). The van der Waals surface area contributed by atoms with Gasteiger partial charge in [-0.05, 0) is 86.5 Å². The summed E-state index contributed by atoms with van der Waals surface area (Å²) in [6, 6.07) is 16.8. The molecule has 11 heteroatoms. The fraction of sp³-hybridized carbons (Fsp3) is 0.258. The van der Waals surface area contributed by atoms with E-state index < -0.39 is 33.8 Å². The molecule has 6 nitrogen and oxygen atoms in total. The predicted octanol–water partition coefficient (Wildman–Crippen LogP) is 9.34. The van der Waals surface area contributed by atoms with Crippen molar-refractivity contribution < 1.29 is 19.1 Å². The smallest absolute Gasteiger partial charge is 0.418 e. The Balaban J connectivity index is 1.30. The van der Waals surface area contributed by atoms with E-state index in [2.05, 4.69) is 5.32 Å². The van der Waals surface area contributed by atoms with Crippen LogP contribution in [0.15, 0.2) is 66.9 Å². The van der Waals surface area contributed by atoms with E-state index in [1.165, 1.54) is 10.6 Å². The third-order valence-corrected chi connectivity index (χ3v) is 8.53. The Morgan fingerprint density at radius 3 is 2.29 bits per heavy atom. The molecule has 0 radical (unpaired) electrons. The number of ether oxygens (including phenoxy) is 1. The van der Waals surface area contributed by atoms with Crippen molar-refractivity contribution >= 4 is 92.4 Å². The van der Waals surface area contributed by atoms with Gasteiger partial charge in [0.05, 0.1) is 16.5 Å². The summed E-state index contributed by atoms with van der Waals surface area (Å²) in [5, 5.41) is 4.65. The highest BCUT2D eigenvalue weighted by atomic mass is 35.5. The average molecular weight is 667 g/mol. The van der Waals surface area contributed by atoms with E-state index in [0.717, 1.165) is 10.9 Å². The van der Waals surface area contributed by atoms with Crippen LogP contribution in [-0.4, -0.2) is 32.3 Å². The minimum atomic E-state index is -1.34. The Morgan fingerprint density at radius 1 is 0.929 bits per heavy atom. The Bertz CT molecular complexity index is 1720. The van der Waals surface area contributed by atoms with Crippen LogP contribution >= 0.6 is 58.0 Å². The number of Topliss-reactive ketones (excluding diaryl/α,β-unsaturated/α-hetero) is 1. The van der Waals surface area contributed by atoms with Gasteiger partial charge in [0.1, 0.15) is 9.93 Å². The number of ketones is 1. The van der Waals surface area contributed by atoms with Crippen molar-refractivity contribution in [3.63, 3.8) is 0 Å². The Labute approximate surface area is 267 Å². The largest absolute Gasteiger partial charge is 0.443 e. The summed E-state index contributed by atoms with van der Waals surface area (Å²) >= 11 is 31.6. The molecule has 1 heterocycles. The SMILES string of the molecule is CC(C)(C)OC(=O)n1ccc2cc(CC(=O)c3cc(NC(=O)C4C(c5cc(Cl)cc(Cl)c5)C4(Cl)Cl)ccc3Cl)ccc21. The van der Waals surface area contributed by atoms with Gasteiger partial charge in [-0.3, -0.25) is 14.2 Å². The number of alkyl halides is 2. The van der Waals surface area contributed by atoms with Crippen LogP contribution < -0.4 is 5.32 Å². The zero-order valence-corrected chi connectivity index (χ0v) is 26.5. The molecule has 0 aliphatic heterocycles. The first-order valence-corrected chi connectivity index (χ1v) is 14.8. The number of nitrogens with zero attached hydrogens (tertiary/aromatic N) is 1. The number of carbonyl (C=O) groups is 3. The molecule has 1 fully saturated rings. The molecule has 5 rings (SSSR count). The molecule has 1 aliphatic carbocycles. The summed E-state index contributed by atoms with van der Waals surface area (Å²) in [5.74, 6) is -1.93. The van der Waals surface area contributed by atoms with E-state index in [9.17, 15) is 14.4 Å². The minimum Gasteiger partial charge on any atom is -0.443 e. The van der Waals surface area contributed by atoms with Crippen LogP contribution in [0.2, 0.25) is 15.1 Å². The summed E-state index contributed by atoms with van der Waals surface area (Å²) in [7, 11) is 0. The molecule has 3 aromatic carbocycles. The van der Waals surface area contributed by atoms with Gasteiger partial charge < -0.3 is 10.1 Å². The van der Waals surface area contributed by atoms with E-state index in [-0.39, 0.29) is 22.8 Å². The fourth-order valence-electron chi connectivity index (χ4n) is 4.91. The number of amides is 1. The molecule has 1 aromatic heterocycles. The van der Waals surface area contributed by atoms with Gasteiger partial charge in [0, 0.05) is 45.2 Å². The third-order valence-electron chi connectivity index (χ3n) is 6.82. The lowest BCUT2D eigenvalue weighted by molar-refractivity contribution is -0.117. The lowest BCUT2D eigenvalue weighted by atomic mass is 10.0. The summed E-state index contributed by atoms with van der Waals surface area (Å²) in [6.07, 6.45) is 1.20. The lowest BCUT2D eigenvalue weighted by Crippen LogP contribution is -2.26. The van der Waals surface area contributed by atoms with Crippen molar-refractivity contribution in [2.75, 3.05) is 5.32 Å². The number of aromatic nitrogens is 1. The van der Waals surface area contributed by atoms with Gasteiger partial charge in [-0.15, -0.1) is 23.2 Å². The highest BCUT2D eigenvalue weighted by molar-refractivity contribution is 6.53. The average Bonchev–Trinajstić information content (AvgIpc) is 3.22. The number of hydrogen-bond acceptors (Lipinski definition) is 4. The maximum Gasteiger partial charge on any atom is 0.418 e. The highest BCUT2D eigenvalue weighted by Gasteiger charge is 2.67. The molecule has 1 aliphatic rings. The summed E-state index contributed by atoms with van der Waals surface area (Å²) in [4.78, 5) is 39.0. The molecule has 0 spiro atoms. The predicted molar refractivity (Wildman–Crippen MR) is 169 cm³/mol. The van der Waals surface area contributed by atoms with Crippen LogP contribution in [0.3, 0.4) is 0 Å². The monoisotopic (exact) mass is 664 g/mol. The van der Waals surface area contributed by atoms with E-state index in [1.54, 1.807) is 75.5 Å². The number of fused-ring (bicyclic) bond motifs is 1. The summed E-state index contributed by atoms with van der Waals surface area (Å²) < 4.78 is 5.55. The molecule has 4 aromatic rings. The molecular formula is C31H25Cl5N2O4. The van der Waals surface area contributed by atoms with Crippen molar-refractivity contribution in [3.8, 4) is 0 Å². The van der Waals surface area contributed by atoms with Crippen LogP contribution in [0, 0.1) is 5.92 Å². The van der Waals surface area contributed by atoms with Gasteiger partial charge in [-0.2, -0.15) is 0 Å².